The molecule has 0 amide bonds. The Balaban J connectivity index is 1.84. The van der Waals surface area contributed by atoms with Gasteiger partial charge in [0.25, 0.3) is 0 Å². The Morgan fingerprint density at radius 3 is 1.93 bits per heavy atom. The number of aromatic nitrogens is 3. The lowest BCUT2D eigenvalue weighted by atomic mass is 10.0. The van der Waals surface area contributed by atoms with Gasteiger partial charge in [0.1, 0.15) is 5.82 Å². The highest BCUT2D eigenvalue weighted by Crippen LogP contribution is 2.28. The molecule has 0 unspecified atom stereocenters. The summed E-state index contributed by atoms with van der Waals surface area (Å²) in [6.07, 6.45) is 3.76. The molecule has 4 aromatic rings. The Hall–Kier alpha value is -3.53. The first kappa shape index (κ1) is 18.8. The van der Waals surface area contributed by atoms with Crippen molar-refractivity contribution in [1.29, 1.82) is 0 Å². The van der Waals surface area contributed by atoms with Gasteiger partial charge in [-0.25, -0.2) is 9.97 Å². The second-order valence-corrected chi connectivity index (χ2v) is 6.80. The molecule has 0 radical (unpaired) electrons. The van der Waals surface area contributed by atoms with Gasteiger partial charge >= 0.3 is 0 Å². The summed E-state index contributed by atoms with van der Waals surface area (Å²) in [6.45, 7) is 6.07. The fourth-order valence-corrected chi connectivity index (χ4v) is 3.38. The quantitative estimate of drug-likeness (QED) is 0.429. The van der Waals surface area contributed by atoms with Crippen LogP contribution in [0.25, 0.3) is 33.8 Å². The number of hydrogen-bond acceptors (Lipinski definition) is 4. The van der Waals surface area contributed by atoms with E-state index < -0.39 is 0 Å². The predicted molar refractivity (Wildman–Crippen MR) is 120 cm³/mol. The number of anilines is 1. The van der Waals surface area contributed by atoms with E-state index >= 15 is 0 Å². The summed E-state index contributed by atoms with van der Waals surface area (Å²) in [6, 6.07) is 24.6. The maximum absolute atomic E-state index is 4.88. The van der Waals surface area contributed by atoms with Gasteiger partial charge in [0.15, 0.2) is 5.82 Å². The number of rotatable bonds is 6. The van der Waals surface area contributed by atoms with Gasteiger partial charge in [-0.3, -0.25) is 4.98 Å². The summed E-state index contributed by atoms with van der Waals surface area (Å²) in [7, 11) is 0. The molecule has 144 valence electrons. The van der Waals surface area contributed by atoms with Gasteiger partial charge in [-0.1, -0.05) is 60.7 Å². The van der Waals surface area contributed by atoms with E-state index in [-0.39, 0.29) is 0 Å². The van der Waals surface area contributed by atoms with Gasteiger partial charge < -0.3 is 4.90 Å². The Labute approximate surface area is 171 Å². The van der Waals surface area contributed by atoms with E-state index in [2.05, 4.69) is 48.0 Å². The lowest BCUT2D eigenvalue weighted by Gasteiger charge is -2.21. The monoisotopic (exact) mass is 380 g/mol. The molecular weight excluding hydrogens is 356 g/mol. The van der Waals surface area contributed by atoms with Crippen LogP contribution in [0.1, 0.15) is 13.8 Å². The van der Waals surface area contributed by atoms with Gasteiger partial charge in [0.2, 0.25) is 0 Å². The first-order chi connectivity index (χ1) is 14.3. The maximum atomic E-state index is 4.88. The van der Waals surface area contributed by atoms with Crippen molar-refractivity contribution in [3.63, 3.8) is 0 Å². The average Bonchev–Trinajstić information content (AvgIpc) is 2.81. The van der Waals surface area contributed by atoms with E-state index in [1.54, 1.807) is 0 Å². The number of hydrogen-bond donors (Lipinski definition) is 0. The summed E-state index contributed by atoms with van der Waals surface area (Å²) >= 11 is 0. The fourth-order valence-electron chi connectivity index (χ4n) is 3.38. The third-order valence-corrected chi connectivity index (χ3v) is 4.97. The molecule has 0 fully saturated rings. The molecule has 0 aliphatic carbocycles. The Bertz CT molecular complexity index is 1070. The second-order valence-electron chi connectivity index (χ2n) is 6.80. The zero-order valence-electron chi connectivity index (χ0n) is 16.8. The number of benzene rings is 2. The molecule has 0 aliphatic rings. The van der Waals surface area contributed by atoms with Crippen LogP contribution in [0.4, 0.5) is 5.82 Å². The van der Waals surface area contributed by atoms with Crippen LogP contribution < -0.4 is 4.90 Å². The van der Waals surface area contributed by atoms with Crippen molar-refractivity contribution in [2.24, 2.45) is 0 Å². The minimum Gasteiger partial charge on any atom is -0.357 e. The van der Waals surface area contributed by atoms with E-state index in [1.165, 1.54) is 0 Å². The highest BCUT2D eigenvalue weighted by atomic mass is 15.2. The highest BCUT2D eigenvalue weighted by Gasteiger charge is 2.13. The van der Waals surface area contributed by atoms with Gasteiger partial charge in [-0.2, -0.15) is 0 Å². The number of pyridine rings is 1. The van der Waals surface area contributed by atoms with E-state index in [9.17, 15) is 0 Å². The molecule has 2 heterocycles. The zero-order chi connectivity index (χ0) is 20.1. The Kier molecular flexibility index (Phi) is 5.61. The minimum atomic E-state index is 0.732. The Morgan fingerprint density at radius 1 is 0.655 bits per heavy atom. The van der Waals surface area contributed by atoms with Crippen molar-refractivity contribution in [1.82, 2.24) is 15.0 Å². The fraction of sp³-hybridized carbons (Fsp3) is 0.160. The van der Waals surface area contributed by atoms with Gasteiger partial charge in [0, 0.05) is 48.2 Å². The topological polar surface area (TPSA) is 41.9 Å². The van der Waals surface area contributed by atoms with Crippen molar-refractivity contribution in [2.45, 2.75) is 13.8 Å². The lowest BCUT2D eigenvalue weighted by Crippen LogP contribution is -2.23. The second kappa shape index (κ2) is 8.65. The summed E-state index contributed by atoms with van der Waals surface area (Å²) < 4.78 is 0. The largest absolute Gasteiger partial charge is 0.357 e. The third kappa shape index (κ3) is 4.16. The van der Waals surface area contributed by atoms with Crippen molar-refractivity contribution in [3.05, 3.63) is 85.2 Å². The predicted octanol–water partition coefficient (Wildman–Crippen LogP) is 5.72. The molecule has 0 aliphatic heterocycles. The number of nitrogens with zero attached hydrogens (tertiary/aromatic N) is 4. The highest BCUT2D eigenvalue weighted by molar-refractivity contribution is 5.72. The molecule has 0 saturated carbocycles. The molecule has 0 spiro atoms. The van der Waals surface area contributed by atoms with Crippen molar-refractivity contribution >= 4 is 5.82 Å². The molecule has 29 heavy (non-hydrogen) atoms. The van der Waals surface area contributed by atoms with E-state index in [0.717, 1.165) is 52.7 Å². The first-order valence-electron chi connectivity index (χ1n) is 9.98. The first-order valence-corrected chi connectivity index (χ1v) is 9.98. The van der Waals surface area contributed by atoms with Crippen molar-refractivity contribution in [2.75, 3.05) is 18.0 Å². The van der Waals surface area contributed by atoms with Crippen LogP contribution in [0, 0.1) is 0 Å². The molecular formula is C25H24N4. The molecule has 0 saturated heterocycles. The molecule has 4 nitrogen and oxygen atoms in total. The molecule has 0 atom stereocenters. The standard InChI is InChI=1S/C25H24N4/c1-3-29(4-2)24-16-23(27-25(28-24)20-13-9-6-10-14-20)22-15-21(17-26-18-22)19-11-7-5-8-12-19/h5-18H,3-4H2,1-2H3. The summed E-state index contributed by atoms with van der Waals surface area (Å²) in [4.78, 5) is 16.5. The van der Waals surface area contributed by atoms with E-state index in [4.69, 9.17) is 9.97 Å². The van der Waals surface area contributed by atoms with Crippen LogP contribution >= 0.6 is 0 Å². The zero-order valence-corrected chi connectivity index (χ0v) is 16.8. The maximum Gasteiger partial charge on any atom is 0.162 e. The Morgan fingerprint density at radius 2 is 1.28 bits per heavy atom. The molecule has 4 rings (SSSR count). The van der Waals surface area contributed by atoms with Gasteiger partial charge in [0.05, 0.1) is 5.69 Å². The van der Waals surface area contributed by atoms with Gasteiger partial charge in [-0.05, 0) is 25.5 Å². The molecule has 4 heteroatoms. The smallest absolute Gasteiger partial charge is 0.162 e. The van der Waals surface area contributed by atoms with E-state index in [1.807, 2.05) is 60.9 Å². The molecule has 0 bridgehead atoms. The van der Waals surface area contributed by atoms with Crippen LogP contribution in [0.15, 0.2) is 85.2 Å². The average molecular weight is 380 g/mol. The van der Waals surface area contributed by atoms with Crippen LogP contribution in [0.3, 0.4) is 0 Å². The van der Waals surface area contributed by atoms with Gasteiger partial charge in [-0.15, -0.1) is 0 Å². The van der Waals surface area contributed by atoms with Crippen molar-refractivity contribution < 1.29 is 0 Å². The minimum absolute atomic E-state index is 0.732. The SMILES string of the molecule is CCN(CC)c1cc(-c2cncc(-c3ccccc3)c2)nc(-c2ccccc2)n1. The normalized spacial score (nSPS) is 10.7. The third-order valence-electron chi connectivity index (χ3n) is 4.97. The van der Waals surface area contributed by atoms with Crippen LogP contribution in [-0.2, 0) is 0 Å². The van der Waals surface area contributed by atoms with E-state index in [0.29, 0.717) is 0 Å². The van der Waals surface area contributed by atoms with Crippen molar-refractivity contribution in [3.8, 4) is 33.8 Å². The summed E-state index contributed by atoms with van der Waals surface area (Å²) in [5.74, 6) is 1.67. The van der Waals surface area contributed by atoms with Crippen LogP contribution in [-0.4, -0.2) is 28.0 Å². The lowest BCUT2D eigenvalue weighted by molar-refractivity contribution is 0.843. The van der Waals surface area contributed by atoms with Crippen LogP contribution in [0.2, 0.25) is 0 Å². The van der Waals surface area contributed by atoms with Crippen LogP contribution in [0.5, 0.6) is 0 Å². The molecule has 2 aromatic heterocycles. The molecule has 2 aromatic carbocycles. The summed E-state index contributed by atoms with van der Waals surface area (Å²) in [5.41, 5.74) is 5.09. The molecule has 0 N–H and O–H groups in total. The summed E-state index contributed by atoms with van der Waals surface area (Å²) in [5, 5.41) is 0.